The van der Waals surface area contributed by atoms with Gasteiger partial charge in [0.1, 0.15) is 0 Å². The molecule has 124 valence electrons. The van der Waals surface area contributed by atoms with E-state index in [-0.39, 0.29) is 17.7 Å². The Morgan fingerprint density at radius 1 is 1.08 bits per heavy atom. The third-order valence-electron chi connectivity index (χ3n) is 4.10. The van der Waals surface area contributed by atoms with Crippen molar-refractivity contribution in [3.63, 3.8) is 0 Å². The quantitative estimate of drug-likeness (QED) is 0.928. The van der Waals surface area contributed by atoms with Crippen LogP contribution in [0.3, 0.4) is 0 Å². The van der Waals surface area contributed by atoms with Crippen molar-refractivity contribution in [3.8, 4) is 0 Å². The first kappa shape index (κ1) is 16.4. The molecule has 1 saturated heterocycles. The Hall–Kier alpha value is -2.47. The molecule has 24 heavy (non-hydrogen) atoms. The predicted molar refractivity (Wildman–Crippen MR) is 90.7 cm³/mol. The maximum Gasteiger partial charge on any atom is 0.255 e. The van der Waals surface area contributed by atoms with E-state index < -0.39 is 0 Å². The second-order valence-corrected chi connectivity index (χ2v) is 6.05. The van der Waals surface area contributed by atoms with E-state index in [1.165, 1.54) is 6.20 Å². The average Bonchev–Trinajstić information content (AvgIpc) is 2.62. The van der Waals surface area contributed by atoms with E-state index in [0.29, 0.717) is 36.5 Å². The second kappa shape index (κ2) is 7.40. The van der Waals surface area contributed by atoms with Gasteiger partial charge in [0.05, 0.1) is 10.6 Å². The van der Waals surface area contributed by atoms with Crippen LogP contribution < -0.4 is 5.32 Å². The van der Waals surface area contributed by atoms with Crippen molar-refractivity contribution >= 4 is 29.1 Å². The van der Waals surface area contributed by atoms with Gasteiger partial charge in [-0.25, -0.2) is 0 Å². The summed E-state index contributed by atoms with van der Waals surface area (Å²) in [5.41, 5.74) is 1.18. The first-order chi connectivity index (χ1) is 11.6. The molecule has 0 bridgehead atoms. The molecule has 1 fully saturated rings. The summed E-state index contributed by atoms with van der Waals surface area (Å²) in [6.45, 7) is 1.07. The summed E-state index contributed by atoms with van der Waals surface area (Å²) in [5, 5.41) is 3.23. The third kappa shape index (κ3) is 3.71. The molecule has 3 rings (SSSR count). The van der Waals surface area contributed by atoms with Crippen molar-refractivity contribution in [1.82, 2.24) is 14.9 Å². The first-order valence-corrected chi connectivity index (χ1v) is 8.12. The maximum atomic E-state index is 12.5. The Balaban J connectivity index is 1.57. The second-order valence-electron chi connectivity index (χ2n) is 5.65. The minimum atomic E-state index is -0.115. The Labute approximate surface area is 144 Å². The molecule has 0 aromatic carbocycles. The van der Waals surface area contributed by atoms with Crippen LogP contribution in [0.4, 0.5) is 5.69 Å². The molecule has 1 N–H and O–H groups in total. The van der Waals surface area contributed by atoms with Gasteiger partial charge in [-0.15, -0.1) is 0 Å². The van der Waals surface area contributed by atoms with E-state index >= 15 is 0 Å². The average molecular weight is 345 g/mol. The van der Waals surface area contributed by atoms with E-state index in [4.69, 9.17) is 11.6 Å². The molecule has 0 saturated carbocycles. The Bertz CT molecular complexity index is 730. The number of likely N-dealkylation sites (tertiary alicyclic amines) is 1. The van der Waals surface area contributed by atoms with Crippen molar-refractivity contribution in [2.45, 2.75) is 12.8 Å². The molecular weight excluding hydrogens is 328 g/mol. The van der Waals surface area contributed by atoms with Crippen molar-refractivity contribution in [1.29, 1.82) is 0 Å². The van der Waals surface area contributed by atoms with Gasteiger partial charge < -0.3 is 10.2 Å². The van der Waals surface area contributed by atoms with Crippen molar-refractivity contribution < 1.29 is 9.59 Å². The number of piperidine rings is 1. The predicted octanol–water partition coefficient (Wildman–Crippen LogP) is 2.62. The molecule has 0 aliphatic carbocycles. The number of hydrogen-bond acceptors (Lipinski definition) is 4. The normalized spacial score (nSPS) is 15.1. The molecule has 3 heterocycles. The lowest BCUT2D eigenvalue weighted by atomic mass is 9.95. The number of nitrogens with zero attached hydrogens (tertiary/aromatic N) is 3. The van der Waals surface area contributed by atoms with Crippen LogP contribution in [0.5, 0.6) is 0 Å². The lowest BCUT2D eigenvalue weighted by Crippen LogP contribution is -2.41. The molecule has 0 atom stereocenters. The fourth-order valence-electron chi connectivity index (χ4n) is 2.74. The third-order valence-corrected chi connectivity index (χ3v) is 4.40. The lowest BCUT2D eigenvalue weighted by Gasteiger charge is -2.31. The summed E-state index contributed by atoms with van der Waals surface area (Å²) in [7, 11) is 0. The summed E-state index contributed by atoms with van der Waals surface area (Å²) in [6, 6.07) is 5.12. The van der Waals surface area contributed by atoms with Crippen LogP contribution in [-0.4, -0.2) is 39.8 Å². The van der Waals surface area contributed by atoms with Crippen LogP contribution >= 0.6 is 11.6 Å². The number of carbonyl (C=O) groups is 2. The lowest BCUT2D eigenvalue weighted by molar-refractivity contribution is -0.121. The summed E-state index contributed by atoms with van der Waals surface area (Å²) in [6.07, 6.45) is 7.54. The highest BCUT2D eigenvalue weighted by atomic mass is 35.5. The van der Waals surface area contributed by atoms with Gasteiger partial charge in [-0.05, 0) is 31.0 Å². The monoisotopic (exact) mass is 344 g/mol. The fourth-order valence-corrected chi connectivity index (χ4v) is 2.94. The summed E-state index contributed by atoms with van der Waals surface area (Å²) in [5.74, 6) is -0.235. The van der Waals surface area contributed by atoms with Gasteiger partial charge in [0.2, 0.25) is 5.91 Å². The van der Waals surface area contributed by atoms with Gasteiger partial charge in [0.25, 0.3) is 5.91 Å². The zero-order chi connectivity index (χ0) is 16.9. The largest absolute Gasteiger partial charge is 0.339 e. The number of carbonyl (C=O) groups excluding carboxylic acids is 2. The Kier molecular flexibility index (Phi) is 5.05. The first-order valence-electron chi connectivity index (χ1n) is 7.75. The van der Waals surface area contributed by atoms with Crippen molar-refractivity contribution in [2.24, 2.45) is 5.92 Å². The van der Waals surface area contributed by atoms with Crippen LogP contribution in [0.25, 0.3) is 0 Å². The molecule has 2 aromatic heterocycles. The van der Waals surface area contributed by atoms with Gasteiger partial charge >= 0.3 is 0 Å². The highest BCUT2D eigenvalue weighted by Crippen LogP contribution is 2.23. The smallest absolute Gasteiger partial charge is 0.255 e. The highest BCUT2D eigenvalue weighted by Gasteiger charge is 2.28. The van der Waals surface area contributed by atoms with Gasteiger partial charge in [0.15, 0.2) is 0 Å². The molecule has 0 spiro atoms. The van der Waals surface area contributed by atoms with Crippen LogP contribution in [0.15, 0.2) is 43.0 Å². The zero-order valence-electron chi connectivity index (χ0n) is 13.0. The van der Waals surface area contributed by atoms with Crippen LogP contribution in [-0.2, 0) is 4.79 Å². The molecule has 0 unspecified atom stereocenters. The van der Waals surface area contributed by atoms with Crippen LogP contribution in [0.2, 0.25) is 5.02 Å². The zero-order valence-corrected chi connectivity index (χ0v) is 13.7. The van der Waals surface area contributed by atoms with E-state index in [1.807, 2.05) is 0 Å². The molecule has 2 amide bonds. The number of aromatic nitrogens is 2. The molecule has 7 heteroatoms. The standard InChI is InChI=1S/C17H17ClN4O2/c18-15-11-20-8-3-14(15)17(24)22-9-4-12(5-10-22)16(23)21-13-1-6-19-7-2-13/h1-3,6-8,11-12H,4-5,9-10H2,(H,19,21,23). The number of nitrogens with one attached hydrogen (secondary N) is 1. The van der Waals surface area contributed by atoms with E-state index in [1.54, 1.807) is 41.7 Å². The van der Waals surface area contributed by atoms with Crippen molar-refractivity contribution in [3.05, 3.63) is 53.6 Å². The molecule has 1 aliphatic heterocycles. The number of anilines is 1. The maximum absolute atomic E-state index is 12.5. The van der Waals surface area contributed by atoms with E-state index in [0.717, 1.165) is 5.69 Å². The van der Waals surface area contributed by atoms with Gasteiger partial charge in [0, 0.05) is 49.5 Å². The molecule has 6 nitrogen and oxygen atoms in total. The van der Waals surface area contributed by atoms with Crippen molar-refractivity contribution in [2.75, 3.05) is 18.4 Å². The molecule has 2 aromatic rings. The van der Waals surface area contributed by atoms with Gasteiger partial charge in [-0.1, -0.05) is 11.6 Å². The summed E-state index contributed by atoms with van der Waals surface area (Å²) in [4.78, 5) is 34.3. The number of pyridine rings is 2. The Morgan fingerprint density at radius 3 is 2.42 bits per heavy atom. The van der Waals surface area contributed by atoms with Gasteiger partial charge in [-0.3, -0.25) is 19.6 Å². The minimum Gasteiger partial charge on any atom is -0.339 e. The molecule has 0 radical (unpaired) electrons. The molecular formula is C17H17ClN4O2. The fraction of sp³-hybridized carbons (Fsp3) is 0.294. The van der Waals surface area contributed by atoms with Gasteiger partial charge in [-0.2, -0.15) is 0 Å². The number of rotatable bonds is 3. The molecule has 1 aliphatic rings. The Morgan fingerprint density at radius 2 is 1.75 bits per heavy atom. The van der Waals surface area contributed by atoms with Crippen LogP contribution in [0.1, 0.15) is 23.2 Å². The highest BCUT2D eigenvalue weighted by molar-refractivity contribution is 6.33. The SMILES string of the molecule is O=C(Nc1ccncc1)C1CCN(C(=O)c2ccncc2Cl)CC1. The number of halogens is 1. The minimum absolute atomic E-state index is 0.0183. The topological polar surface area (TPSA) is 75.2 Å². The number of hydrogen-bond donors (Lipinski definition) is 1. The number of amides is 2. The van der Waals surface area contributed by atoms with Crippen LogP contribution in [0, 0.1) is 5.92 Å². The van der Waals surface area contributed by atoms with E-state index in [9.17, 15) is 9.59 Å². The van der Waals surface area contributed by atoms with E-state index in [2.05, 4.69) is 15.3 Å². The summed E-state index contributed by atoms with van der Waals surface area (Å²) >= 11 is 6.03. The summed E-state index contributed by atoms with van der Waals surface area (Å²) < 4.78 is 0.